The molecule has 1 N–H and O–H groups in total. The van der Waals surface area contributed by atoms with Crippen LogP contribution in [0.2, 0.25) is 0 Å². The molecule has 0 aliphatic carbocycles. The molecule has 2 aromatic carbocycles. The molecule has 1 saturated heterocycles. The van der Waals surface area contributed by atoms with Gasteiger partial charge in [0.1, 0.15) is 0 Å². The van der Waals surface area contributed by atoms with Gasteiger partial charge in [-0.25, -0.2) is 8.42 Å². The molecule has 142 valence electrons. The Bertz CT molecular complexity index is 1020. The zero-order valence-corrected chi connectivity index (χ0v) is 16.1. The lowest BCUT2D eigenvalue weighted by molar-refractivity contribution is 0.187. The highest BCUT2D eigenvalue weighted by Gasteiger charge is 2.29. The average Bonchev–Trinajstić information content (AvgIpc) is 3.37. The summed E-state index contributed by atoms with van der Waals surface area (Å²) in [6, 6.07) is 12.8. The molecule has 27 heavy (non-hydrogen) atoms. The third kappa shape index (κ3) is 3.57. The summed E-state index contributed by atoms with van der Waals surface area (Å²) >= 11 is 0. The maximum absolute atomic E-state index is 13.5. The number of aromatic amines is 1. The van der Waals surface area contributed by atoms with E-state index < -0.39 is 10.0 Å². The Hall–Kier alpha value is -2.38. The van der Waals surface area contributed by atoms with Crippen LogP contribution in [-0.4, -0.2) is 38.4 Å². The first-order chi connectivity index (χ1) is 13.1. The van der Waals surface area contributed by atoms with Crippen molar-refractivity contribution in [2.45, 2.75) is 24.7 Å². The molecule has 2 heterocycles. The van der Waals surface area contributed by atoms with Crippen LogP contribution < -0.4 is 4.31 Å². The standard InChI is InChI=1S/C20H23N3O3S/c1-2-15-3-5-18(6-4-15)23(13-16-9-10-26-14-16)27(24,25)19-7-8-20-17(11-19)12-21-22-20/h3-8,11-12,16H,2,9-10,13-14H2,1H3,(H,21,22). The van der Waals surface area contributed by atoms with Gasteiger partial charge in [-0.05, 0) is 48.7 Å². The van der Waals surface area contributed by atoms with Gasteiger partial charge in [-0.2, -0.15) is 5.10 Å². The monoisotopic (exact) mass is 385 g/mol. The maximum atomic E-state index is 13.5. The van der Waals surface area contributed by atoms with Gasteiger partial charge in [0, 0.05) is 24.5 Å². The zero-order chi connectivity index (χ0) is 18.9. The molecular formula is C20H23N3O3S. The minimum absolute atomic E-state index is 0.197. The number of aryl methyl sites for hydroxylation is 1. The van der Waals surface area contributed by atoms with Gasteiger partial charge in [0.2, 0.25) is 0 Å². The molecule has 0 spiro atoms. The van der Waals surface area contributed by atoms with E-state index >= 15 is 0 Å². The number of sulfonamides is 1. The summed E-state index contributed by atoms with van der Waals surface area (Å²) in [4.78, 5) is 0.273. The lowest BCUT2D eigenvalue weighted by atomic mass is 10.1. The highest BCUT2D eigenvalue weighted by Crippen LogP contribution is 2.28. The number of ether oxygens (including phenoxy) is 1. The minimum Gasteiger partial charge on any atom is -0.381 e. The molecule has 0 saturated carbocycles. The molecule has 1 aliphatic heterocycles. The van der Waals surface area contributed by atoms with Crippen LogP contribution in [0.5, 0.6) is 0 Å². The Balaban J connectivity index is 1.74. The molecule has 4 rings (SSSR count). The van der Waals surface area contributed by atoms with Crippen LogP contribution in [-0.2, 0) is 21.2 Å². The number of H-pyrrole nitrogens is 1. The summed E-state index contributed by atoms with van der Waals surface area (Å²) in [5.41, 5.74) is 2.68. The summed E-state index contributed by atoms with van der Waals surface area (Å²) in [7, 11) is -3.69. The number of rotatable bonds is 6. The van der Waals surface area contributed by atoms with Gasteiger partial charge < -0.3 is 4.74 Å². The summed E-state index contributed by atoms with van der Waals surface area (Å²) in [6.07, 6.45) is 3.43. The van der Waals surface area contributed by atoms with Crippen molar-refractivity contribution < 1.29 is 13.2 Å². The van der Waals surface area contributed by atoms with Crippen molar-refractivity contribution in [2.24, 2.45) is 5.92 Å². The fourth-order valence-corrected chi connectivity index (χ4v) is 4.99. The normalized spacial score (nSPS) is 17.4. The molecule has 6 nitrogen and oxygen atoms in total. The molecule has 0 amide bonds. The third-order valence-electron chi connectivity index (χ3n) is 5.08. The van der Waals surface area contributed by atoms with Crippen molar-refractivity contribution >= 4 is 26.6 Å². The largest absolute Gasteiger partial charge is 0.381 e. The van der Waals surface area contributed by atoms with E-state index in [1.807, 2.05) is 24.3 Å². The van der Waals surface area contributed by atoms with Crippen molar-refractivity contribution in [3.05, 3.63) is 54.2 Å². The van der Waals surface area contributed by atoms with Gasteiger partial charge in [0.25, 0.3) is 10.0 Å². The predicted molar refractivity (Wildman–Crippen MR) is 105 cm³/mol. The van der Waals surface area contributed by atoms with E-state index in [0.29, 0.717) is 25.4 Å². The van der Waals surface area contributed by atoms with Gasteiger partial charge >= 0.3 is 0 Å². The third-order valence-corrected chi connectivity index (χ3v) is 6.87. The summed E-state index contributed by atoms with van der Waals surface area (Å²) in [5, 5.41) is 7.61. The van der Waals surface area contributed by atoms with Crippen molar-refractivity contribution in [3.63, 3.8) is 0 Å². The van der Waals surface area contributed by atoms with E-state index in [9.17, 15) is 8.42 Å². The lowest BCUT2D eigenvalue weighted by Crippen LogP contribution is -2.35. The number of anilines is 1. The van der Waals surface area contributed by atoms with Crippen LogP contribution >= 0.6 is 0 Å². The van der Waals surface area contributed by atoms with Gasteiger partial charge in [-0.3, -0.25) is 9.40 Å². The molecule has 3 aromatic rings. The van der Waals surface area contributed by atoms with E-state index in [2.05, 4.69) is 17.1 Å². The fourth-order valence-electron chi connectivity index (χ4n) is 3.41. The van der Waals surface area contributed by atoms with Crippen molar-refractivity contribution in [2.75, 3.05) is 24.1 Å². The van der Waals surface area contributed by atoms with E-state index in [-0.39, 0.29) is 10.8 Å². The molecule has 7 heteroatoms. The van der Waals surface area contributed by atoms with Crippen LogP contribution in [0.3, 0.4) is 0 Å². The first kappa shape index (κ1) is 18.0. The molecule has 1 aromatic heterocycles. The Morgan fingerprint density at radius 2 is 2.04 bits per heavy atom. The van der Waals surface area contributed by atoms with Crippen LogP contribution in [0.1, 0.15) is 18.9 Å². The van der Waals surface area contributed by atoms with Crippen molar-refractivity contribution in [1.29, 1.82) is 0 Å². The molecule has 1 atom stereocenters. The van der Waals surface area contributed by atoms with Gasteiger partial charge in [0.15, 0.2) is 0 Å². The Kier molecular flexibility index (Phi) is 4.88. The van der Waals surface area contributed by atoms with Crippen LogP contribution in [0.4, 0.5) is 5.69 Å². The van der Waals surface area contributed by atoms with Gasteiger partial charge in [0.05, 0.1) is 28.9 Å². The first-order valence-electron chi connectivity index (χ1n) is 9.20. The molecule has 0 bridgehead atoms. The fraction of sp³-hybridized carbons (Fsp3) is 0.350. The number of aromatic nitrogens is 2. The number of nitrogens with one attached hydrogen (secondary N) is 1. The van der Waals surface area contributed by atoms with Gasteiger partial charge in [-0.15, -0.1) is 0 Å². The highest BCUT2D eigenvalue weighted by atomic mass is 32.2. The van der Waals surface area contributed by atoms with Gasteiger partial charge in [-0.1, -0.05) is 19.1 Å². The second-order valence-corrected chi connectivity index (χ2v) is 8.77. The lowest BCUT2D eigenvalue weighted by Gasteiger charge is -2.27. The summed E-state index contributed by atoms with van der Waals surface area (Å²) in [5.74, 6) is 0.197. The topological polar surface area (TPSA) is 75.3 Å². The molecule has 1 unspecified atom stereocenters. The number of nitrogens with zero attached hydrogens (tertiary/aromatic N) is 2. The van der Waals surface area contributed by atoms with Crippen molar-refractivity contribution in [1.82, 2.24) is 10.2 Å². The molecule has 0 radical (unpaired) electrons. The van der Waals surface area contributed by atoms with Crippen LogP contribution in [0.15, 0.2) is 53.6 Å². The zero-order valence-electron chi connectivity index (χ0n) is 15.3. The number of hydrogen-bond donors (Lipinski definition) is 1. The number of benzene rings is 2. The minimum atomic E-state index is -3.69. The highest BCUT2D eigenvalue weighted by molar-refractivity contribution is 7.92. The van der Waals surface area contributed by atoms with E-state index in [1.165, 1.54) is 9.87 Å². The first-order valence-corrected chi connectivity index (χ1v) is 10.6. The average molecular weight is 385 g/mol. The van der Waals surface area contributed by atoms with Crippen LogP contribution in [0.25, 0.3) is 10.9 Å². The second-order valence-electron chi connectivity index (χ2n) is 6.90. The van der Waals surface area contributed by atoms with E-state index in [4.69, 9.17) is 4.74 Å². The number of hydrogen-bond acceptors (Lipinski definition) is 4. The SMILES string of the molecule is CCc1ccc(N(CC2CCOC2)S(=O)(=O)c2ccc3[nH]ncc3c2)cc1. The molecule has 1 fully saturated rings. The number of fused-ring (bicyclic) bond motifs is 1. The molecular weight excluding hydrogens is 362 g/mol. The smallest absolute Gasteiger partial charge is 0.264 e. The summed E-state index contributed by atoms with van der Waals surface area (Å²) in [6.45, 7) is 3.78. The van der Waals surface area contributed by atoms with E-state index in [1.54, 1.807) is 24.4 Å². The Morgan fingerprint density at radius 3 is 2.74 bits per heavy atom. The predicted octanol–water partition coefficient (Wildman–Crippen LogP) is 3.36. The maximum Gasteiger partial charge on any atom is 0.264 e. The summed E-state index contributed by atoms with van der Waals surface area (Å²) < 4.78 is 34.0. The second kappa shape index (κ2) is 7.32. The van der Waals surface area contributed by atoms with E-state index in [0.717, 1.165) is 23.7 Å². The quantitative estimate of drug-likeness (QED) is 0.706. The van der Waals surface area contributed by atoms with Crippen molar-refractivity contribution in [3.8, 4) is 0 Å². The van der Waals surface area contributed by atoms with Crippen LogP contribution in [0, 0.1) is 5.92 Å². The Morgan fingerprint density at radius 1 is 1.22 bits per heavy atom. The Labute approximate surface area is 159 Å². The molecule has 1 aliphatic rings.